The molecule has 29 heavy (non-hydrogen) atoms. The van der Waals surface area contributed by atoms with Gasteiger partial charge >= 0.3 is 0 Å². The highest BCUT2D eigenvalue weighted by atomic mass is 19.1. The summed E-state index contributed by atoms with van der Waals surface area (Å²) >= 11 is 0. The Morgan fingerprint density at radius 1 is 1.10 bits per heavy atom. The van der Waals surface area contributed by atoms with Crippen LogP contribution < -0.4 is 4.74 Å². The molecule has 2 aromatic rings. The first kappa shape index (κ1) is 22.9. The van der Waals surface area contributed by atoms with Gasteiger partial charge in [0, 0.05) is 30.1 Å². The Labute approximate surface area is 173 Å². The van der Waals surface area contributed by atoms with Crippen molar-refractivity contribution in [3.63, 3.8) is 0 Å². The van der Waals surface area contributed by atoms with E-state index in [1.807, 2.05) is 50.8 Å². The summed E-state index contributed by atoms with van der Waals surface area (Å²) in [4.78, 5) is 15.1. The largest absolute Gasteiger partial charge is 0.493 e. The van der Waals surface area contributed by atoms with Gasteiger partial charge in [0.25, 0.3) is 5.91 Å². The Morgan fingerprint density at radius 3 is 2.31 bits per heavy atom. The van der Waals surface area contributed by atoms with E-state index in [1.165, 1.54) is 12.1 Å². The molecule has 0 heterocycles. The van der Waals surface area contributed by atoms with Crippen molar-refractivity contribution in [2.24, 2.45) is 0 Å². The Balaban J connectivity index is 2.39. The maximum absolute atomic E-state index is 14.3. The number of carbonyl (C=O) groups is 1. The minimum absolute atomic E-state index is 0.0452. The molecule has 5 heteroatoms. The van der Waals surface area contributed by atoms with Crippen molar-refractivity contribution in [1.82, 2.24) is 4.90 Å². The van der Waals surface area contributed by atoms with Crippen molar-refractivity contribution >= 4 is 5.91 Å². The molecular weight excluding hydrogens is 369 g/mol. The molecule has 4 nitrogen and oxygen atoms in total. The van der Waals surface area contributed by atoms with Gasteiger partial charge in [-0.2, -0.15) is 0 Å². The van der Waals surface area contributed by atoms with Gasteiger partial charge in [-0.25, -0.2) is 4.39 Å². The third-order valence-electron chi connectivity index (χ3n) is 4.67. The van der Waals surface area contributed by atoms with Gasteiger partial charge in [0.05, 0.1) is 12.2 Å². The summed E-state index contributed by atoms with van der Waals surface area (Å²) in [6.07, 6.45) is 0.422. The second kappa shape index (κ2) is 9.40. The van der Waals surface area contributed by atoms with Gasteiger partial charge in [-0.05, 0) is 70.9 Å². The number of amides is 1. The molecular formula is C24H32FNO3. The zero-order chi connectivity index (χ0) is 21.8. The monoisotopic (exact) mass is 401 g/mol. The van der Waals surface area contributed by atoms with Gasteiger partial charge in [-0.3, -0.25) is 4.79 Å². The Hall–Kier alpha value is -2.40. The first-order valence-electron chi connectivity index (χ1n) is 10.1. The number of hydrogen-bond acceptors (Lipinski definition) is 3. The molecule has 0 aromatic heterocycles. The fraction of sp³-hybridized carbons (Fsp3) is 0.458. The number of benzene rings is 2. The van der Waals surface area contributed by atoms with E-state index in [9.17, 15) is 14.3 Å². The molecule has 0 aliphatic heterocycles. The van der Waals surface area contributed by atoms with Crippen LogP contribution in [0.4, 0.5) is 4.39 Å². The quantitative estimate of drug-likeness (QED) is 0.654. The van der Waals surface area contributed by atoms with Crippen molar-refractivity contribution < 1.29 is 19.0 Å². The van der Waals surface area contributed by atoms with Gasteiger partial charge in [-0.15, -0.1) is 0 Å². The molecule has 0 aliphatic rings. The number of rotatable bonds is 8. The summed E-state index contributed by atoms with van der Waals surface area (Å²) in [5, 5.41) is 9.83. The Bertz CT molecular complexity index is 832. The third kappa shape index (κ3) is 6.29. The SMILES string of the molecule is CC(C)N(C(=O)c1ccccc1-c1cc(F)cc(OCCC(C)(C)O)c1)C(C)C. The summed E-state index contributed by atoms with van der Waals surface area (Å²) in [5.74, 6) is -0.150. The second-order valence-electron chi connectivity index (χ2n) is 8.53. The van der Waals surface area contributed by atoms with Crippen molar-refractivity contribution in [3.8, 4) is 16.9 Å². The molecule has 1 amide bonds. The minimum Gasteiger partial charge on any atom is -0.493 e. The summed E-state index contributed by atoms with van der Waals surface area (Å²) in [5.41, 5.74) is 0.921. The summed E-state index contributed by atoms with van der Waals surface area (Å²) < 4.78 is 20.0. The molecule has 0 saturated heterocycles. The van der Waals surface area contributed by atoms with Crippen LogP contribution in [0, 0.1) is 5.82 Å². The van der Waals surface area contributed by atoms with Crippen molar-refractivity contribution in [1.29, 1.82) is 0 Å². The highest BCUT2D eigenvalue weighted by molar-refractivity contribution is 6.01. The lowest BCUT2D eigenvalue weighted by Crippen LogP contribution is -2.42. The van der Waals surface area contributed by atoms with E-state index in [1.54, 1.807) is 26.0 Å². The predicted octanol–water partition coefficient (Wildman–Crippen LogP) is 5.29. The molecule has 2 aromatic carbocycles. The molecule has 0 fully saturated rings. The van der Waals surface area contributed by atoms with Crippen LogP contribution >= 0.6 is 0 Å². The first-order valence-corrected chi connectivity index (χ1v) is 10.1. The zero-order valence-corrected chi connectivity index (χ0v) is 18.2. The Kier molecular flexibility index (Phi) is 7.42. The molecule has 1 N–H and O–H groups in total. The lowest BCUT2D eigenvalue weighted by Gasteiger charge is -2.31. The van der Waals surface area contributed by atoms with E-state index in [0.29, 0.717) is 28.9 Å². The maximum Gasteiger partial charge on any atom is 0.254 e. The van der Waals surface area contributed by atoms with E-state index >= 15 is 0 Å². The van der Waals surface area contributed by atoms with Crippen LogP contribution in [0.25, 0.3) is 11.1 Å². The molecule has 0 aliphatic carbocycles. The summed E-state index contributed by atoms with van der Waals surface area (Å²) in [6, 6.07) is 11.8. The molecule has 0 unspecified atom stereocenters. The van der Waals surface area contributed by atoms with Gasteiger partial charge in [0.1, 0.15) is 11.6 Å². The van der Waals surface area contributed by atoms with Crippen LogP contribution in [0.2, 0.25) is 0 Å². The molecule has 158 valence electrons. The smallest absolute Gasteiger partial charge is 0.254 e. The molecule has 0 bridgehead atoms. The van der Waals surface area contributed by atoms with E-state index in [-0.39, 0.29) is 24.6 Å². The lowest BCUT2D eigenvalue weighted by molar-refractivity contribution is 0.0552. The van der Waals surface area contributed by atoms with E-state index in [4.69, 9.17) is 4.74 Å². The third-order valence-corrected chi connectivity index (χ3v) is 4.67. The van der Waals surface area contributed by atoms with Crippen LogP contribution in [-0.4, -0.2) is 40.2 Å². The zero-order valence-electron chi connectivity index (χ0n) is 18.2. The molecule has 0 radical (unpaired) electrons. The number of halogens is 1. The van der Waals surface area contributed by atoms with Crippen molar-refractivity contribution in [2.75, 3.05) is 6.61 Å². The Morgan fingerprint density at radius 2 is 1.72 bits per heavy atom. The second-order valence-corrected chi connectivity index (χ2v) is 8.53. The van der Waals surface area contributed by atoms with Crippen LogP contribution in [0.3, 0.4) is 0 Å². The van der Waals surface area contributed by atoms with Crippen molar-refractivity contribution in [3.05, 3.63) is 53.8 Å². The highest BCUT2D eigenvalue weighted by Crippen LogP contribution is 2.30. The minimum atomic E-state index is -0.855. The number of carbonyl (C=O) groups excluding carboxylic acids is 1. The normalized spacial score (nSPS) is 11.8. The molecule has 0 spiro atoms. The summed E-state index contributed by atoms with van der Waals surface area (Å²) in [7, 11) is 0. The number of aliphatic hydroxyl groups is 1. The number of ether oxygens (including phenoxy) is 1. The van der Waals surface area contributed by atoms with Crippen LogP contribution in [-0.2, 0) is 0 Å². The fourth-order valence-electron chi connectivity index (χ4n) is 3.35. The topological polar surface area (TPSA) is 49.8 Å². The van der Waals surface area contributed by atoms with Gasteiger partial charge in [-0.1, -0.05) is 18.2 Å². The molecule has 0 atom stereocenters. The number of hydrogen-bond donors (Lipinski definition) is 1. The van der Waals surface area contributed by atoms with Gasteiger partial charge in [0.15, 0.2) is 0 Å². The summed E-state index contributed by atoms with van der Waals surface area (Å²) in [6.45, 7) is 11.6. The first-order chi connectivity index (χ1) is 13.5. The van der Waals surface area contributed by atoms with E-state index in [2.05, 4.69) is 0 Å². The number of nitrogens with zero attached hydrogens (tertiary/aromatic N) is 1. The van der Waals surface area contributed by atoms with Crippen LogP contribution in [0.15, 0.2) is 42.5 Å². The fourth-order valence-corrected chi connectivity index (χ4v) is 3.35. The standard InChI is InChI=1S/C24H32FNO3/c1-16(2)26(17(3)4)23(27)22-10-8-7-9-21(22)18-13-19(25)15-20(14-18)29-12-11-24(5,6)28/h7-10,13-17,28H,11-12H2,1-6H3. The van der Waals surface area contributed by atoms with Crippen LogP contribution in [0.5, 0.6) is 5.75 Å². The van der Waals surface area contributed by atoms with Crippen LogP contribution in [0.1, 0.15) is 58.3 Å². The van der Waals surface area contributed by atoms with Gasteiger partial charge < -0.3 is 14.7 Å². The lowest BCUT2D eigenvalue weighted by atomic mass is 9.97. The maximum atomic E-state index is 14.3. The molecule has 2 rings (SSSR count). The van der Waals surface area contributed by atoms with Gasteiger partial charge in [0.2, 0.25) is 0 Å². The average Bonchev–Trinajstić information content (AvgIpc) is 2.59. The average molecular weight is 402 g/mol. The highest BCUT2D eigenvalue weighted by Gasteiger charge is 2.24. The van der Waals surface area contributed by atoms with E-state index in [0.717, 1.165) is 0 Å². The predicted molar refractivity (Wildman–Crippen MR) is 115 cm³/mol. The van der Waals surface area contributed by atoms with E-state index < -0.39 is 11.4 Å². The molecule has 0 saturated carbocycles. The van der Waals surface area contributed by atoms with Crippen molar-refractivity contribution in [2.45, 2.75) is 65.6 Å².